The van der Waals surface area contributed by atoms with Gasteiger partial charge in [0, 0.05) is 9.86 Å². The van der Waals surface area contributed by atoms with Gasteiger partial charge >= 0.3 is 0 Å². The Labute approximate surface area is 138 Å². The summed E-state index contributed by atoms with van der Waals surface area (Å²) >= 11 is 9.31. The molecule has 2 aromatic carbocycles. The number of rotatable bonds is 2. The fourth-order valence-corrected chi connectivity index (χ4v) is 2.72. The van der Waals surface area contributed by atoms with E-state index in [-0.39, 0.29) is 17.1 Å². The third kappa shape index (κ3) is 2.63. The molecule has 0 unspecified atom stereocenters. The molecule has 3 rings (SSSR count). The van der Waals surface area contributed by atoms with Gasteiger partial charge in [-0.25, -0.2) is 0 Å². The molecule has 1 heterocycles. The Balaban J connectivity index is 2.00. The fraction of sp³-hybridized carbons (Fsp3) is 0. The van der Waals surface area contributed by atoms with E-state index in [0.717, 1.165) is 4.47 Å². The van der Waals surface area contributed by atoms with Gasteiger partial charge in [0.25, 0.3) is 5.91 Å². The predicted molar refractivity (Wildman–Crippen MR) is 88.0 cm³/mol. The van der Waals surface area contributed by atoms with E-state index in [9.17, 15) is 9.90 Å². The van der Waals surface area contributed by atoms with Crippen LogP contribution >= 0.6 is 27.5 Å². The lowest BCUT2D eigenvalue weighted by Gasteiger charge is -1.97. The fourth-order valence-electron chi connectivity index (χ4n) is 2.04. The number of para-hydroxylation sites is 1. The first-order chi connectivity index (χ1) is 10.6. The SMILES string of the molecule is O=C(N=Nc1c(O)[nH]c2c(Br)cccc12)c1ccccc1Cl. The summed E-state index contributed by atoms with van der Waals surface area (Å²) in [6, 6.07) is 12.0. The van der Waals surface area contributed by atoms with Crippen molar-refractivity contribution in [2.75, 3.05) is 0 Å². The summed E-state index contributed by atoms with van der Waals surface area (Å²) in [6.07, 6.45) is 0. The molecule has 1 amide bonds. The molecule has 2 N–H and O–H groups in total. The minimum absolute atomic E-state index is 0.155. The number of carbonyl (C=O) groups excluding carboxylic acids is 1. The largest absolute Gasteiger partial charge is 0.493 e. The van der Waals surface area contributed by atoms with Crippen molar-refractivity contribution >= 4 is 50.0 Å². The molecule has 0 aliphatic heterocycles. The first-order valence-electron chi connectivity index (χ1n) is 6.27. The van der Waals surface area contributed by atoms with Crippen molar-refractivity contribution in [3.8, 4) is 5.88 Å². The number of halogens is 2. The second-order valence-electron chi connectivity index (χ2n) is 4.47. The molecule has 22 heavy (non-hydrogen) atoms. The zero-order valence-corrected chi connectivity index (χ0v) is 13.4. The van der Waals surface area contributed by atoms with Crippen LogP contribution in [0.2, 0.25) is 5.02 Å². The summed E-state index contributed by atoms with van der Waals surface area (Å²) in [5.41, 5.74) is 1.14. The Morgan fingerprint density at radius 1 is 1.18 bits per heavy atom. The molecule has 3 aromatic rings. The minimum Gasteiger partial charge on any atom is -0.493 e. The van der Waals surface area contributed by atoms with Gasteiger partial charge in [-0.3, -0.25) is 4.79 Å². The lowest BCUT2D eigenvalue weighted by atomic mass is 10.2. The van der Waals surface area contributed by atoms with Crippen molar-refractivity contribution in [1.82, 2.24) is 4.98 Å². The van der Waals surface area contributed by atoms with Crippen LogP contribution in [0.5, 0.6) is 5.88 Å². The summed E-state index contributed by atoms with van der Waals surface area (Å²) in [5, 5.41) is 18.4. The summed E-state index contributed by atoms with van der Waals surface area (Å²) < 4.78 is 0.777. The average molecular weight is 379 g/mol. The molecule has 7 heteroatoms. The van der Waals surface area contributed by atoms with Gasteiger partial charge in [-0.05, 0) is 34.1 Å². The van der Waals surface area contributed by atoms with E-state index >= 15 is 0 Å². The molecular formula is C15H9BrClN3O2. The van der Waals surface area contributed by atoms with E-state index in [4.69, 9.17) is 11.6 Å². The highest BCUT2D eigenvalue weighted by molar-refractivity contribution is 9.10. The molecule has 110 valence electrons. The molecule has 0 saturated heterocycles. The molecule has 0 fully saturated rings. The van der Waals surface area contributed by atoms with Crippen LogP contribution in [0.1, 0.15) is 10.4 Å². The van der Waals surface area contributed by atoms with E-state index in [2.05, 4.69) is 31.1 Å². The van der Waals surface area contributed by atoms with Gasteiger partial charge in [-0.2, -0.15) is 0 Å². The van der Waals surface area contributed by atoms with Crippen molar-refractivity contribution in [3.05, 3.63) is 57.5 Å². The molecule has 0 spiro atoms. The molecule has 0 aliphatic carbocycles. The normalized spacial score (nSPS) is 11.4. The lowest BCUT2D eigenvalue weighted by molar-refractivity contribution is 0.0995. The van der Waals surface area contributed by atoms with Gasteiger partial charge in [0.05, 0.1) is 16.1 Å². The second-order valence-corrected chi connectivity index (χ2v) is 5.73. The number of aromatic hydroxyl groups is 1. The van der Waals surface area contributed by atoms with Gasteiger partial charge in [0.15, 0.2) is 5.69 Å². The molecule has 0 bridgehead atoms. The summed E-state index contributed by atoms with van der Waals surface area (Å²) in [5.74, 6) is -0.730. The number of nitrogens with zero attached hydrogens (tertiary/aromatic N) is 2. The Kier molecular flexibility index (Phi) is 3.96. The van der Waals surface area contributed by atoms with Gasteiger partial charge in [0.1, 0.15) is 0 Å². The zero-order valence-electron chi connectivity index (χ0n) is 11.0. The molecule has 0 saturated carbocycles. The van der Waals surface area contributed by atoms with E-state index in [1.807, 2.05) is 6.07 Å². The number of nitrogens with one attached hydrogen (secondary N) is 1. The quantitative estimate of drug-likeness (QED) is 0.600. The van der Waals surface area contributed by atoms with Crippen LogP contribution in [0.3, 0.4) is 0 Å². The average Bonchev–Trinajstić information content (AvgIpc) is 2.82. The Hall–Kier alpha value is -2.18. The van der Waals surface area contributed by atoms with Crippen molar-refractivity contribution in [2.45, 2.75) is 0 Å². The van der Waals surface area contributed by atoms with Gasteiger partial charge in [-0.1, -0.05) is 35.9 Å². The Morgan fingerprint density at radius 3 is 2.73 bits per heavy atom. The monoisotopic (exact) mass is 377 g/mol. The number of hydrogen-bond donors (Lipinski definition) is 2. The maximum atomic E-state index is 12.0. The maximum absolute atomic E-state index is 12.0. The van der Waals surface area contributed by atoms with Crippen LogP contribution in [0.4, 0.5) is 5.69 Å². The van der Waals surface area contributed by atoms with E-state index in [1.165, 1.54) is 0 Å². The predicted octanol–water partition coefficient (Wildman–Crippen LogP) is 5.21. The summed E-state index contributed by atoms with van der Waals surface area (Å²) in [6.45, 7) is 0. The number of aromatic amines is 1. The van der Waals surface area contributed by atoms with Crippen molar-refractivity contribution in [2.24, 2.45) is 10.2 Å². The highest BCUT2D eigenvalue weighted by Crippen LogP contribution is 2.38. The molecule has 0 radical (unpaired) electrons. The Morgan fingerprint density at radius 2 is 1.95 bits per heavy atom. The molecular weight excluding hydrogens is 370 g/mol. The molecule has 0 aliphatic rings. The molecule has 0 atom stereocenters. The first kappa shape index (κ1) is 14.7. The van der Waals surface area contributed by atoms with Gasteiger partial charge < -0.3 is 10.1 Å². The standard InChI is InChI=1S/C15H9BrClN3O2/c16-10-6-3-5-9-12(10)18-15(22)13(9)19-20-14(21)8-4-1-2-7-11(8)17/h1-7,18,22H. The van der Waals surface area contributed by atoms with Crippen LogP contribution in [-0.4, -0.2) is 16.0 Å². The van der Waals surface area contributed by atoms with Crippen molar-refractivity contribution in [3.63, 3.8) is 0 Å². The number of amides is 1. The number of H-pyrrole nitrogens is 1. The number of hydrogen-bond acceptors (Lipinski definition) is 3. The Bertz CT molecular complexity index is 905. The van der Waals surface area contributed by atoms with Crippen LogP contribution < -0.4 is 0 Å². The minimum atomic E-state index is -0.575. The smallest absolute Gasteiger partial charge is 0.296 e. The van der Waals surface area contributed by atoms with Gasteiger partial charge in [-0.15, -0.1) is 10.2 Å². The number of carbonyl (C=O) groups is 1. The highest BCUT2D eigenvalue weighted by Gasteiger charge is 2.14. The van der Waals surface area contributed by atoms with Crippen LogP contribution in [0.15, 0.2) is 57.2 Å². The first-order valence-corrected chi connectivity index (χ1v) is 7.45. The van der Waals surface area contributed by atoms with E-state index < -0.39 is 5.91 Å². The van der Waals surface area contributed by atoms with Gasteiger partial charge in [0.2, 0.25) is 5.88 Å². The third-order valence-corrected chi connectivity index (χ3v) is 4.07. The van der Waals surface area contributed by atoms with Crippen LogP contribution in [0.25, 0.3) is 10.9 Å². The second kappa shape index (κ2) is 5.90. The number of benzene rings is 2. The molecule has 5 nitrogen and oxygen atoms in total. The van der Waals surface area contributed by atoms with E-state index in [1.54, 1.807) is 36.4 Å². The third-order valence-electron chi connectivity index (χ3n) is 3.08. The van der Waals surface area contributed by atoms with Crippen molar-refractivity contribution in [1.29, 1.82) is 0 Å². The summed E-state index contributed by atoms with van der Waals surface area (Å²) in [7, 11) is 0. The summed E-state index contributed by atoms with van der Waals surface area (Å²) in [4.78, 5) is 14.8. The van der Waals surface area contributed by atoms with Crippen LogP contribution in [-0.2, 0) is 0 Å². The highest BCUT2D eigenvalue weighted by atomic mass is 79.9. The number of azo groups is 1. The van der Waals surface area contributed by atoms with E-state index in [0.29, 0.717) is 15.9 Å². The topological polar surface area (TPSA) is 77.8 Å². The van der Waals surface area contributed by atoms with Crippen molar-refractivity contribution < 1.29 is 9.90 Å². The molecule has 1 aromatic heterocycles. The maximum Gasteiger partial charge on any atom is 0.296 e. The zero-order chi connectivity index (χ0) is 15.7. The lowest BCUT2D eigenvalue weighted by Crippen LogP contribution is -1.94. The number of fused-ring (bicyclic) bond motifs is 1. The number of aromatic nitrogens is 1. The van der Waals surface area contributed by atoms with Crippen LogP contribution in [0, 0.1) is 0 Å².